The third-order valence-corrected chi connectivity index (χ3v) is 5.73. The van der Waals surface area contributed by atoms with Crippen molar-refractivity contribution in [1.82, 2.24) is 5.32 Å². The SMILES string of the molecule is CC(C)NC(=O)CC12CC3CC(C)(CC(C)(C3)C1)C2. The molecule has 0 aromatic rings. The van der Waals surface area contributed by atoms with Gasteiger partial charge in [-0.3, -0.25) is 4.79 Å². The highest BCUT2D eigenvalue weighted by atomic mass is 16.1. The van der Waals surface area contributed by atoms with Gasteiger partial charge in [0.15, 0.2) is 0 Å². The van der Waals surface area contributed by atoms with Gasteiger partial charge in [-0.2, -0.15) is 0 Å². The summed E-state index contributed by atoms with van der Waals surface area (Å²) in [6.07, 6.45) is 8.88. The predicted molar refractivity (Wildman–Crippen MR) is 77.7 cm³/mol. The van der Waals surface area contributed by atoms with E-state index >= 15 is 0 Å². The highest BCUT2D eigenvalue weighted by molar-refractivity contribution is 5.77. The van der Waals surface area contributed by atoms with E-state index < -0.39 is 0 Å². The van der Waals surface area contributed by atoms with Crippen molar-refractivity contribution in [3.05, 3.63) is 0 Å². The first-order valence-electron chi connectivity index (χ1n) is 8.01. The quantitative estimate of drug-likeness (QED) is 0.822. The summed E-state index contributed by atoms with van der Waals surface area (Å²) >= 11 is 0. The normalized spacial score (nSPS) is 47.7. The molecule has 0 aromatic heterocycles. The molecule has 4 fully saturated rings. The second-order valence-electron chi connectivity index (χ2n) is 9.03. The Labute approximate surface area is 117 Å². The van der Waals surface area contributed by atoms with E-state index in [1.54, 1.807) is 0 Å². The van der Waals surface area contributed by atoms with Crippen LogP contribution < -0.4 is 5.32 Å². The third kappa shape index (κ3) is 2.43. The number of amides is 1. The van der Waals surface area contributed by atoms with Crippen LogP contribution in [0.15, 0.2) is 0 Å². The molecule has 4 rings (SSSR count). The molecule has 19 heavy (non-hydrogen) atoms. The highest BCUT2D eigenvalue weighted by Gasteiger charge is 2.60. The van der Waals surface area contributed by atoms with Gasteiger partial charge in [-0.25, -0.2) is 0 Å². The van der Waals surface area contributed by atoms with Crippen LogP contribution in [0.4, 0.5) is 0 Å². The topological polar surface area (TPSA) is 29.1 Å². The number of rotatable bonds is 3. The molecule has 2 unspecified atom stereocenters. The zero-order valence-electron chi connectivity index (χ0n) is 13.0. The fraction of sp³-hybridized carbons (Fsp3) is 0.941. The minimum absolute atomic E-state index is 0.271. The van der Waals surface area contributed by atoms with Gasteiger partial charge in [0, 0.05) is 12.5 Å². The number of hydrogen-bond acceptors (Lipinski definition) is 1. The van der Waals surface area contributed by atoms with E-state index in [2.05, 4.69) is 33.0 Å². The van der Waals surface area contributed by atoms with Crippen LogP contribution in [-0.2, 0) is 4.79 Å². The van der Waals surface area contributed by atoms with Gasteiger partial charge in [0.05, 0.1) is 0 Å². The summed E-state index contributed by atoms with van der Waals surface area (Å²) in [6, 6.07) is 0.271. The average molecular weight is 263 g/mol. The van der Waals surface area contributed by atoms with Crippen molar-refractivity contribution in [2.24, 2.45) is 22.2 Å². The van der Waals surface area contributed by atoms with E-state index in [-0.39, 0.29) is 11.9 Å². The molecule has 2 atom stereocenters. The first-order chi connectivity index (χ1) is 8.72. The molecule has 4 saturated carbocycles. The van der Waals surface area contributed by atoms with E-state index in [0.717, 1.165) is 12.3 Å². The molecule has 4 aliphatic rings. The fourth-order valence-corrected chi connectivity index (χ4v) is 6.59. The van der Waals surface area contributed by atoms with Gasteiger partial charge in [0.25, 0.3) is 0 Å². The Morgan fingerprint density at radius 1 is 1.11 bits per heavy atom. The van der Waals surface area contributed by atoms with E-state index in [0.29, 0.717) is 16.2 Å². The maximum absolute atomic E-state index is 12.2. The van der Waals surface area contributed by atoms with Crippen LogP contribution in [0.1, 0.15) is 72.6 Å². The van der Waals surface area contributed by atoms with Gasteiger partial charge >= 0.3 is 0 Å². The molecule has 0 aromatic carbocycles. The minimum Gasteiger partial charge on any atom is -0.354 e. The molecule has 0 radical (unpaired) electrons. The summed E-state index contributed by atoms with van der Waals surface area (Å²) in [5, 5.41) is 3.10. The highest BCUT2D eigenvalue weighted by Crippen LogP contribution is 2.70. The van der Waals surface area contributed by atoms with Crippen molar-refractivity contribution in [2.45, 2.75) is 78.7 Å². The number of nitrogens with one attached hydrogen (secondary N) is 1. The number of carbonyl (C=O) groups is 1. The molecule has 0 saturated heterocycles. The second kappa shape index (κ2) is 3.99. The van der Waals surface area contributed by atoms with Crippen molar-refractivity contribution in [1.29, 1.82) is 0 Å². The van der Waals surface area contributed by atoms with E-state index in [1.165, 1.54) is 38.5 Å². The van der Waals surface area contributed by atoms with Gasteiger partial charge in [-0.1, -0.05) is 13.8 Å². The largest absolute Gasteiger partial charge is 0.354 e. The molecule has 0 heterocycles. The molecular weight excluding hydrogens is 234 g/mol. The van der Waals surface area contributed by atoms with Crippen molar-refractivity contribution < 1.29 is 4.79 Å². The Hall–Kier alpha value is -0.530. The van der Waals surface area contributed by atoms with Crippen LogP contribution in [0.3, 0.4) is 0 Å². The molecule has 0 spiro atoms. The van der Waals surface area contributed by atoms with Crippen LogP contribution in [0.2, 0.25) is 0 Å². The van der Waals surface area contributed by atoms with Crippen molar-refractivity contribution in [3.63, 3.8) is 0 Å². The Morgan fingerprint density at radius 2 is 1.68 bits per heavy atom. The molecule has 4 bridgehead atoms. The first-order valence-corrected chi connectivity index (χ1v) is 8.01. The van der Waals surface area contributed by atoms with E-state index in [9.17, 15) is 4.79 Å². The van der Waals surface area contributed by atoms with Crippen LogP contribution in [-0.4, -0.2) is 11.9 Å². The molecule has 4 aliphatic carbocycles. The van der Waals surface area contributed by atoms with E-state index in [1.807, 2.05) is 0 Å². The first kappa shape index (κ1) is 13.5. The Bertz CT molecular complexity index is 382. The summed E-state index contributed by atoms with van der Waals surface area (Å²) in [6.45, 7) is 9.07. The summed E-state index contributed by atoms with van der Waals surface area (Å²) < 4.78 is 0. The summed E-state index contributed by atoms with van der Waals surface area (Å²) in [7, 11) is 0. The lowest BCUT2D eigenvalue weighted by Crippen LogP contribution is -2.56. The summed E-state index contributed by atoms with van der Waals surface area (Å²) in [4.78, 5) is 12.2. The monoisotopic (exact) mass is 263 g/mol. The van der Waals surface area contributed by atoms with E-state index in [4.69, 9.17) is 0 Å². The maximum atomic E-state index is 12.2. The average Bonchev–Trinajstić information content (AvgIpc) is 2.06. The van der Waals surface area contributed by atoms with Crippen LogP contribution >= 0.6 is 0 Å². The smallest absolute Gasteiger partial charge is 0.220 e. The molecule has 1 amide bonds. The van der Waals surface area contributed by atoms with Crippen LogP contribution in [0.5, 0.6) is 0 Å². The maximum Gasteiger partial charge on any atom is 0.220 e. The molecule has 2 heteroatoms. The van der Waals surface area contributed by atoms with Crippen LogP contribution in [0, 0.1) is 22.2 Å². The Balaban J connectivity index is 1.79. The van der Waals surface area contributed by atoms with Gasteiger partial charge in [-0.05, 0) is 74.5 Å². The number of carbonyl (C=O) groups excluding carboxylic acids is 1. The van der Waals surface area contributed by atoms with Gasteiger partial charge in [0.1, 0.15) is 0 Å². The minimum atomic E-state index is 0.271. The third-order valence-electron chi connectivity index (χ3n) is 5.73. The number of hydrogen-bond donors (Lipinski definition) is 1. The summed E-state index contributed by atoms with van der Waals surface area (Å²) in [5.74, 6) is 1.17. The zero-order valence-corrected chi connectivity index (χ0v) is 13.0. The zero-order chi connectivity index (χ0) is 13.9. The van der Waals surface area contributed by atoms with Gasteiger partial charge in [-0.15, -0.1) is 0 Å². The molecule has 108 valence electrons. The molecule has 0 aliphatic heterocycles. The van der Waals surface area contributed by atoms with Gasteiger partial charge in [0.2, 0.25) is 5.91 Å². The van der Waals surface area contributed by atoms with Crippen molar-refractivity contribution >= 4 is 5.91 Å². The standard InChI is InChI=1S/C17H29NO/c1-12(2)18-14(19)8-17-7-13-5-15(3,10-17)9-16(4,6-13)11-17/h12-13H,5-11H2,1-4H3,(H,18,19). The Morgan fingerprint density at radius 3 is 2.16 bits per heavy atom. The lowest BCUT2D eigenvalue weighted by molar-refractivity contribution is -0.156. The summed E-state index contributed by atoms with van der Waals surface area (Å²) in [5.41, 5.74) is 1.36. The molecular formula is C17H29NO. The molecule has 1 N–H and O–H groups in total. The lowest BCUT2D eigenvalue weighted by atomic mass is 9.40. The molecule has 2 nitrogen and oxygen atoms in total. The lowest BCUT2D eigenvalue weighted by Gasteiger charge is -2.65. The Kier molecular flexibility index (Phi) is 2.82. The second-order valence-corrected chi connectivity index (χ2v) is 9.03. The fourth-order valence-electron chi connectivity index (χ4n) is 6.59. The van der Waals surface area contributed by atoms with Crippen molar-refractivity contribution in [3.8, 4) is 0 Å². The van der Waals surface area contributed by atoms with Gasteiger partial charge < -0.3 is 5.32 Å². The van der Waals surface area contributed by atoms with Crippen molar-refractivity contribution in [2.75, 3.05) is 0 Å². The van der Waals surface area contributed by atoms with Crippen LogP contribution in [0.25, 0.3) is 0 Å². The predicted octanol–water partition coefficient (Wildman–Crippen LogP) is 3.90.